The van der Waals surface area contributed by atoms with Crippen molar-refractivity contribution in [1.29, 1.82) is 0 Å². The van der Waals surface area contributed by atoms with E-state index in [2.05, 4.69) is 29.5 Å². The molecule has 0 aromatic heterocycles. The minimum absolute atomic E-state index is 0.0417. The highest BCUT2D eigenvalue weighted by Gasteiger charge is 2.24. The molecule has 0 radical (unpaired) electrons. The van der Waals surface area contributed by atoms with E-state index < -0.39 is 0 Å². The standard InChI is InChI=1S/C12H23N3OS/c1-5-6-13-10(16)9(2)15-11-14-7-12(3,4)8-17-11/h9H,5-8H2,1-4H3,(H,13,16)(H,14,15). The molecule has 5 heteroatoms. The highest BCUT2D eigenvalue weighted by atomic mass is 32.2. The van der Waals surface area contributed by atoms with Gasteiger partial charge in [0.25, 0.3) is 0 Å². The molecule has 4 nitrogen and oxygen atoms in total. The maximum absolute atomic E-state index is 11.7. The van der Waals surface area contributed by atoms with Gasteiger partial charge in [-0.25, -0.2) is 0 Å². The zero-order chi connectivity index (χ0) is 12.9. The van der Waals surface area contributed by atoms with Crippen molar-refractivity contribution in [3.63, 3.8) is 0 Å². The molecule has 0 aliphatic carbocycles. The van der Waals surface area contributed by atoms with Crippen LogP contribution in [-0.4, -0.2) is 36.0 Å². The Bertz CT molecular complexity index is 302. The molecule has 0 spiro atoms. The lowest BCUT2D eigenvalue weighted by Gasteiger charge is -2.28. The molecule has 0 saturated heterocycles. The maximum atomic E-state index is 11.7. The molecule has 1 aliphatic heterocycles. The molecule has 1 rings (SSSR count). The number of amidine groups is 1. The smallest absolute Gasteiger partial charge is 0.242 e. The van der Waals surface area contributed by atoms with Gasteiger partial charge in [-0.2, -0.15) is 0 Å². The molecule has 0 bridgehead atoms. The molecule has 0 aromatic carbocycles. The summed E-state index contributed by atoms with van der Waals surface area (Å²) in [6, 6.07) is -0.214. The Morgan fingerprint density at radius 2 is 2.29 bits per heavy atom. The fraction of sp³-hybridized carbons (Fsp3) is 0.833. The normalized spacial score (nSPS) is 20.4. The molecular formula is C12H23N3OS. The van der Waals surface area contributed by atoms with Gasteiger partial charge in [0.15, 0.2) is 5.17 Å². The van der Waals surface area contributed by atoms with Gasteiger partial charge in [-0.3, -0.25) is 9.79 Å². The summed E-state index contributed by atoms with van der Waals surface area (Å²) < 4.78 is 0. The van der Waals surface area contributed by atoms with Crippen LogP contribution in [0, 0.1) is 5.41 Å². The number of thioether (sulfide) groups is 1. The zero-order valence-electron chi connectivity index (χ0n) is 11.2. The van der Waals surface area contributed by atoms with Crippen LogP contribution in [0.15, 0.2) is 4.99 Å². The van der Waals surface area contributed by atoms with Crippen molar-refractivity contribution in [2.75, 3.05) is 18.8 Å². The van der Waals surface area contributed by atoms with E-state index in [1.807, 2.05) is 13.8 Å². The molecule has 1 atom stereocenters. The topological polar surface area (TPSA) is 53.5 Å². The summed E-state index contributed by atoms with van der Waals surface area (Å²) in [4.78, 5) is 16.1. The van der Waals surface area contributed by atoms with Gasteiger partial charge in [0.1, 0.15) is 6.04 Å². The van der Waals surface area contributed by atoms with Crippen LogP contribution in [0.3, 0.4) is 0 Å². The summed E-state index contributed by atoms with van der Waals surface area (Å²) in [5, 5.41) is 6.93. The van der Waals surface area contributed by atoms with Gasteiger partial charge in [0.05, 0.1) is 0 Å². The number of amides is 1. The van der Waals surface area contributed by atoms with Crippen LogP contribution in [0.1, 0.15) is 34.1 Å². The van der Waals surface area contributed by atoms with Gasteiger partial charge in [-0.1, -0.05) is 32.5 Å². The van der Waals surface area contributed by atoms with Gasteiger partial charge >= 0.3 is 0 Å². The molecule has 2 N–H and O–H groups in total. The molecule has 1 heterocycles. The highest BCUT2D eigenvalue weighted by molar-refractivity contribution is 8.13. The van der Waals surface area contributed by atoms with E-state index in [4.69, 9.17) is 0 Å². The summed E-state index contributed by atoms with van der Waals surface area (Å²) in [5.74, 6) is 1.09. The fourth-order valence-corrected chi connectivity index (χ4v) is 2.41. The Hall–Kier alpha value is -0.710. The van der Waals surface area contributed by atoms with Crippen LogP contribution >= 0.6 is 11.8 Å². The lowest BCUT2D eigenvalue weighted by Crippen LogP contribution is -2.45. The number of carbonyl (C=O) groups excluding carboxylic acids is 1. The summed E-state index contributed by atoms with van der Waals surface area (Å²) in [5.41, 5.74) is 0.267. The predicted octanol–water partition coefficient (Wildman–Crippen LogP) is 1.62. The fourth-order valence-electron chi connectivity index (χ4n) is 1.38. The lowest BCUT2D eigenvalue weighted by molar-refractivity contribution is -0.122. The number of hydrogen-bond donors (Lipinski definition) is 2. The van der Waals surface area contributed by atoms with Crippen molar-refractivity contribution >= 4 is 22.8 Å². The van der Waals surface area contributed by atoms with Crippen molar-refractivity contribution in [3.05, 3.63) is 0 Å². The molecular weight excluding hydrogens is 234 g/mol. The average Bonchev–Trinajstić information content (AvgIpc) is 2.28. The van der Waals surface area contributed by atoms with Crippen molar-refractivity contribution in [1.82, 2.24) is 10.6 Å². The van der Waals surface area contributed by atoms with Gasteiger partial charge in [0.2, 0.25) is 5.91 Å². The minimum Gasteiger partial charge on any atom is -0.354 e. The number of aliphatic imine (C=N–C) groups is 1. The Morgan fingerprint density at radius 3 is 2.82 bits per heavy atom. The second-order valence-corrected chi connectivity index (χ2v) is 6.20. The summed E-state index contributed by atoms with van der Waals surface area (Å²) in [6.07, 6.45) is 0.961. The van der Waals surface area contributed by atoms with E-state index in [-0.39, 0.29) is 17.4 Å². The van der Waals surface area contributed by atoms with E-state index in [1.54, 1.807) is 11.8 Å². The predicted molar refractivity (Wildman–Crippen MR) is 74.4 cm³/mol. The van der Waals surface area contributed by atoms with E-state index in [9.17, 15) is 4.79 Å². The number of nitrogens with zero attached hydrogens (tertiary/aromatic N) is 1. The molecule has 1 aliphatic rings. The van der Waals surface area contributed by atoms with Gasteiger partial charge in [0, 0.05) is 18.8 Å². The van der Waals surface area contributed by atoms with Gasteiger partial charge in [-0.05, 0) is 18.8 Å². The first-order valence-corrected chi connectivity index (χ1v) is 7.14. The third-order valence-corrected chi connectivity index (χ3v) is 3.98. The van der Waals surface area contributed by atoms with Gasteiger partial charge in [-0.15, -0.1) is 0 Å². The van der Waals surface area contributed by atoms with Crippen molar-refractivity contribution in [3.8, 4) is 0 Å². The number of nitrogens with one attached hydrogen (secondary N) is 2. The Labute approximate surface area is 108 Å². The summed E-state index contributed by atoms with van der Waals surface area (Å²) in [7, 11) is 0. The first kappa shape index (κ1) is 14.4. The van der Waals surface area contributed by atoms with Crippen LogP contribution in [0.2, 0.25) is 0 Å². The third kappa shape index (κ3) is 4.98. The Balaban J connectivity index is 2.39. The van der Waals surface area contributed by atoms with Crippen LogP contribution in [0.4, 0.5) is 0 Å². The number of carbonyl (C=O) groups is 1. The monoisotopic (exact) mass is 257 g/mol. The molecule has 1 unspecified atom stereocenters. The van der Waals surface area contributed by atoms with Crippen molar-refractivity contribution in [2.45, 2.75) is 40.2 Å². The van der Waals surface area contributed by atoms with Crippen LogP contribution < -0.4 is 10.6 Å². The third-order valence-electron chi connectivity index (χ3n) is 2.53. The summed E-state index contributed by atoms with van der Waals surface area (Å²) >= 11 is 1.70. The van der Waals surface area contributed by atoms with Crippen LogP contribution in [-0.2, 0) is 4.79 Å². The van der Waals surface area contributed by atoms with Crippen LogP contribution in [0.25, 0.3) is 0 Å². The minimum atomic E-state index is -0.214. The molecule has 98 valence electrons. The van der Waals surface area contributed by atoms with Crippen LogP contribution in [0.5, 0.6) is 0 Å². The van der Waals surface area contributed by atoms with E-state index >= 15 is 0 Å². The molecule has 0 saturated carbocycles. The quantitative estimate of drug-likeness (QED) is 0.804. The average molecular weight is 257 g/mol. The molecule has 0 aromatic rings. The molecule has 1 amide bonds. The van der Waals surface area contributed by atoms with Crippen molar-refractivity contribution in [2.24, 2.45) is 10.4 Å². The second-order valence-electron chi connectivity index (χ2n) is 5.23. The lowest BCUT2D eigenvalue weighted by atomic mass is 9.97. The number of rotatable bonds is 4. The zero-order valence-corrected chi connectivity index (χ0v) is 12.0. The molecule has 17 heavy (non-hydrogen) atoms. The maximum Gasteiger partial charge on any atom is 0.242 e. The largest absolute Gasteiger partial charge is 0.354 e. The van der Waals surface area contributed by atoms with E-state index in [0.717, 1.165) is 30.4 Å². The van der Waals surface area contributed by atoms with Crippen molar-refractivity contribution < 1.29 is 4.79 Å². The first-order valence-electron chi connectivity index (χ1n) is 6.16. The first-order chi connectivity index (χ1) is 7.94. The second kappa shape index (κ2) is 6.28. The highest BCUT2D eigenvalue weighted by Crippen LogP contribution is 2.27. The Morgan fingerprint density at radius 1 is 1.59 bits per heavy atom. The van der Waals surface area contributed by atoms with E-state index in [0.29, 0.717) is 0 Å². The Kier molecular flexibility index (Phi) is 5.31. The number of hydrogen-bond acceptors (Lipinski definition) is 4. The summed E-state index contributed by atoms with van der Waals surface area (Å²) in [6.45, 7) is 9.88. The SMILES string of the molecule is CCCNC(=O)C(C)NC1=NCC(C)(C)CS1. The molecule has 0 fully saturated rings. The van der Waals surface area contributed by atoms with Gasteiger partial charge < -0.3 is 10.6 Å². The van der Waals surface area contributed by atoms with E-state index in [1.165, 1.54) is 0 Å².